The molecule has 0 fully saturated rings. The fourth-order valence-electron chi connectivity index (χ4n) is 1.83. The van der Waals surface area contributed by atoms with Gasteiger partial charge in [-0.3, -0.25) is 0 Å². The van der Waals surface area contributed by atoms with Crippen molar-refractivity contribution >= 4 is 11.8 Å². The van der Waals surface area contributed by atoms with Crippen molar-refractivity contribution < 1.29 is 13.2 Å². The maximum atomic E-state index is 13.7. The summed E-state index contributed by atoms with van der Waals surface area (Å²) in [5, 5.41) is 2.97. The summed E-state index contributed by atoms with van der Waals surface area (Å²) in [5.41, 5.74) is 0.294. The third-order valence-corrected chi connectivity index (χ3v) is 4.04. The smallest absolute Gasteiger partial charge is 0.163 e. The predicted octanol–water partition coefficient (Wildman–Crippen LogP) is 4.16. The summed E-state index contributed by atoms with van der Waals surface area (Å²) in [6.07, 6.45) is 0. The number of halogens is 3. The summed E-state index contributed by atoms with van der Waals surface area (Å²) in [7, 11) is 1.69. The van der Waals surface area contributed by atoms with Gasteiger partial charge < -0.3 is 5.32 Å². The second-order valence-corrected chi connectivity index (χ2v) is 5.34. The van der Waals surface area contributed by atoms with Gasteiger partial charge in [0.15, 0.2) is 11.6 Å². The Morgan fingerprint density at radius 1 is 1.05 bits per heavy atom. The van der Waals surface area contributed by atoms with Gasteiger partial charge in [0, 0.05) is 22.3 Å². The minimum atomic E-state index is -0.852. The van der Waals surface area contributed by atoms with E-state index in [1.165, 1.54) is 30.0 Å². The van der Waals surface area contributed by atoms with E-state index in [0.29, 0.717) is 11.3 Å². The molecule has 0 saturated heterocycles. The van der Waals surface area contributed by atoms with Crippen LogP contribution in [0.5, 0.6) is 0 Å². The Bertz CT molecular complexity index is 572. The van der Waals surface area contributed by atoms with E-state index in [2.05, 4.69) is 5.32 Å². The molecule has 106 valence electrons. The number of thioether (sulfide) groups is 1. The van der Waals surface area contributed by atoms with Gasteiger partial charge in [0.25, 0.3) is 0 Å². The monoisotopic (exact) mass is 297 g/mol. The first-order chi connectivity index (χ1) is 9.61. The standard InChI is InChI=1S/C15H14F3NS/c1-19-14(12-3-2-4-13(17)15(12)18)9-20-11-7-5-10(16)6-8-11/h2-8,14,19H,9H2,1H3. The number of nitrogens with one attached hydrogen (secondary N) is 1. The molecule has 20 heavy (non-hydrogen) atoms. The highest BCUT2D eigenvalue weighted by Crippen LogP contribution is 2.26. The van der Waals surface area contributed by atoms with Crippen LogP contribution >= 0.6 is 11.8 Å². The lowest BCUT2D eigenvalue weighted by Gasteiger charge is -2.17. The van der Waals surface area contributed by atoms with Gasteiger partial charge in [-0.2, -0.15) is 0 Å². The lowest BCUT2D eigenvalue weighted by Crippen LogP contribution is -2.20. The summed E-state index contributed by atoms with van der Waals surface area (Å²) in [4.78, 5) is 0.878. The van der Waals surface area contributed by atoms with Gasteiger partial charge >= 0.3 is 0 Å². The normalized spacial score (nSPS) is 12.4. The van der Waals surface area contributed by atoms with Gasteiger partial charge in [0.2, 0.25) is 0 Å². The second kappa shape index (κ2) is 6.81. The largest absolute Gasteiger partial charge is 0.312 e. The lowest BCUT2D eigenvalue weighted by molar-refractivity contribution is 0.483. The van der Waals surface area contributed by atoms with Crippen molar-refractivity contribution in [2.75, 3.05) is 12.8 Å². The topological polar surface area (TPSA) is 12.0 Å². The molecule has 0 bridgehead atoms. The molecule has 0 aliphatic heterocycles. The van der Waals surface area contributed by atoms with Crippen LogP contribution in [-0.4, -0.2) is 12.8 Å². The van der Waals surface area contributed by atoms with E-state index in [0.717, 1.165) is 11.0 Å². The molecule has 0 aliphatic rings. The summed E-state index contributed by atoms with van der Waals surface area (Å²) >= 11 is 1.45. The Morgan fingerprint density at radius 2 is 1.75 bits per heavy atom. The van der Waals surface area contributed by atoms with Crippen LogP contribution in [0, 0.1) is 17.5 Å². The van der Waals surface area contributed by atoms with E-state index in [9.17, 15) is 13.2 Å². The summed E-state index contributed by atoms with van der Waals surface area (Å²) in [5.74, 6) is -1.46. The molecule has 1 atom stereocenters. The molecule has 0 aromatic heterocycles. The quantitative estimate of drug-likeness (QED) is 0.832. The zero-order valence-electron chi connectivity index (χ0n) is 10.9. The highest BCUT2D eigenvalue weighted by molar-refractivity contribution is 7.99. The van der Waals surface area contributed by atoms with Gasteiger partial charge in [-0.15, -0.1) is 11.8 Å². The Kier molecular flexibility index (Phi) is 5.09. The summed E-state index contributed by atoms with van der Waals surface area (Å²) in [6, 6.07) is 9.90. The Balaban J connectivity index is 2.09. The van der Waals surface area contributed by atoms with E-state index >= 15 is 0 Å². The van der Waals surface area contributed by atoms with Crippen LogP contribution in [-0.2, 0) is 0 Å². The van der Waals surface area contributed by atoms with Crippen molar-refractivity contribution in [1.82, 2.24) is 5.32 Å². The Morgan fingerprint density at radius 3 is 2.40 bits per heavy atom. The van der Waals surface area contributed by atoms with E-state index in [1.54, 1.807) is 25.2 Å². The van der Waals surface area contributed by atoms with Crippen molar-refractivity contribution in [3.63, 3.8) is 0 Å². The summed E-state index contributed by atoms with van der Waals surface area (Å²) in [6.45, 7) is 0. The number of benzene rings is 2. The second-order valence-electron chi connectivity index (χ2n) is 4.25. The molecular formula is C15H14F3NS. The van der Waals surface area contributed by atoms with Gasteiger partial charge in [-0.1, -0.05) is 12.1 Å². The Labute approximate surface area is 120 Å². The van der Waals surface area contributed by atoms with Crippen molar-refractivity contribution in [1.29, 1.82) is 0 Å². The van der Waals surface area contributed by atoms with Crippen LogP contribution in [0.2, 0.25) is 0 Å². The summed E-state index contributed by atoms with van der Waals surface area (Å²) < 4.78 is 39.8. The molecule has 0 saturated carbocycles. The molecule has 5 heteroatoms. The SMILES string of the molecule is CNC(CSc1ccc(F)cc1)c1cccc(F)c1F. The predicted molar refractivity (Wildman–Crippen MR) is 75.3 cm³/mol. The minimum Gasteiger partial charge on any atom is -0.312 e. The van der Waals surface area contributed by atoms with Gasteiger partial charge in [0.05, 0.1) is 0 Å². The molecule has 2 aromatic rings. The van der Waals surface area contributed by atoms with Crippen LogP contribution in [0.15, 0.2) is 47.4 Å². The highest BCUT2D eigenvalue weighted by Gasteiger charge is 2.16. The number of hydrogen-bond acceptors (Lipinski definition) is 2. The van der Waals surface area contributed by atoms with Crippen molar-refractivity contribution in [3.8, 4) is 0 Å². The molecule has 0 spiro atoms. The molecule has 0 aliphatic carbocycles. The fraction of sp³-hybridized carbons (Fsp3) is 0.200. The zero-order valence-corrected chi connectivity index (χ0v) is 11.7. The molecule has 0 amide bonds. The van der Waals surface area contributed by atoms with Gasteiger partial charge in [0.1, 0.15) is 5.82 Å². The van der Waals surface area contributed by atoms with Crippen LogP contribution < -0.4 is 5.32 Å². The Hall–Kier alpha value is -1.46. The molecule has 1 nitrogen and oxygen atoms in total. The number of rotatable bonds is 5. The average Bonchev–Trinajstić information content (AvgIpc) is 2.45. The molecule has 1 unspecified atom stereocenters. The third kappa shape index (κ3) is 3.55. The highest BCUT2D eigenvalue weighted by atomic mass is 32.2. The van der Waals surface area contributed by atoms with Crippen LogP contribution in [0.25, 0.3) is 0 Å². The first-order valence-corrected chi connectivity index (χ1v) is 7.10. The van der Waals surface area contributed by atoms with Crippen molar-refractivity contribution in [2.45, 2.75) is 10.9 Å². The average molecular weight is 297 g/mol. The zero-order chi connectivity index (χ0) is 14.5. The van der Waals surface area contributed by atoms with Gasteiger partial charge in [-0.05, 0) is 37.4 Å². The first kappa shape index (κ1) is 14.9. The van der Waals surface area contributed by atoms with E-state index in [4.69, 9.17) is 0 Å². The fourth-order valence-corrected chi connectivity index (χ4v) is 2.86. The van der Waals surface area contributed by atoms with Crippen LogP contribution in [0.1, 0.15) is 11.6 Å². The molecule has 0 radical (unpaired) electrons. The molecule has 2 aromatic carbocycles. The maximum absolute atomic E-state index is 13.7. The number of hydrogen-bond donors (Lipinski definition) is 1. The van der Waals surface area contributed by atoms with Crippen LogP contribution in [0.4, 0.5) is 13.2 Å². The molecule has 1 N–H and O–H groups in total. The first-order valence-electron chi connectivity index (χ1n) is 6.11. The van der Waals surface area contributed by atoms with Gasteiger partial charge in [-0.25, -0.2) is 13.2 Å². The lowest BCUT2D eigenvalue weighted by atomic mass is 10.1. The molecule has 0 heterocycles. The van der Waals surface area contributed by atoms with Crippen LogP contribution in [0.3, 0.4) is 0 Å². The van der Waals surface area contributed by atoms with E-state index in [1.807, 2.05) is 0 Å². The molecular weight excluding hydrogens is 283 g/mol. The third-order valence-electron chi connectivity index (χ3n) is 2.94. The minimum absolute atomic E-state index is 0.294. The van der Waals surface area contributed by atoms with E-state index in [-0.39, 0.29) is 11.9 Å². The van der Waals surface area contributed by atoms with Crippen molar-refractivity contribution in [2.24, 2.45) is 0 Å². The maximum Gasteiger partial charge on any atom is 0.163 e. The molecule has 2 rings (SSSR count). The van der Waals surface area contributed by atoms with E-state index < -0.39 is 11.6 Å². The van der Waals surface area contributed by atoms with Crippen molar-refractivity contribution in [3.05, 3.63) is 65.5 Å².